The van der Waals surface area contributed by atoms with Crippen LogP contribution < -0.4 is 10.6 Å². The van der Waals surface area contributed by atoms with E-state index in [-0.39, 0.29) is 23.5 Å². The van der Waals surface area contributed by atoms with Gasteiger partial charge in [0, 0.05) is 25.4 Å². The molecule has 0 bridgehead atoms. The number of aromatic hydroxyl groups is 1. The zero-order valence-corrected chi connectivity index (χ0v) is 17.8. The Morgan fingerprint density at radius 1 is 1.17 bits per heavy atom. The van der Waals surface area contributed by atoms with Crippen molar-refractivity contribution >= 4 is 28.8 Å². The van der Waals surface area contributed by atoms with Crippen molar-refractivity contribution in [1.29, 1.82) is 0 Å². The van der Waals surface area contributed by atoms with Crippen LogP contribution in [-0.4, -0.2) is 53.0 Å². The van der Waals surface area contributed by atoms with Gasteiger partial charge in [-0.25, -0.2) is 4.98 Å². The molecule has 3 heterocycles. The second kappa shape index (κ2) is 9.57. The van der Waals surface area contributed by atoms with Crippen LogP contribution in [0.15, 0.2) is 30.5 Å². The Labute approximate surface area is 180 Å². The number of nitrogens with one attached hydrogen (secondary N) is 2. The second-order valence-electron chi connectivity index (χ2n) is 8.09. The number of phenols is 1. The fourth-order valence-corrected chi connectivity index (χ4v) is 5.15. The molecule has 7 nitrogen and oxygen atoms in total. The topological polar surface area (TPSA) is 94.6 Å². The maximum absolute atomic E-state index is 12.9. The Bertz CT molecular complexity index is 886. The van der Waals surface area contributed by atoms with Crippen LogP contribution in [-0.2, 0) is 11.2 Å². The van der Waals surface area contributed by atoms with Crippen LogP contribution in [0.2, 0.25) is 0 Å². The molecule has 160 valence electrons. The Kier molecular flexibility index (Phi) is 6.64. The lowest BCUT2D eigenvalue weighted by atomic mass is 9.95. The fraction of sp³-hybridized carbons (Fsp3) is 0.500. The minimum atomic E-state index is -0.161. The Hall–Kier alpha value is -2.45. The highest BCUT2D eigenvalue weighted by Crippen LogP contribution is 2.27. The molecule has 0 unspecified atom stereocenters. The first-order chi connectivity index (χ1) is 14.6. The highest BCUT2D eigenvalue weighted by atomic mass is 32.1. The minimum absolute atomic E-state index is 0.0172. The number of phenolic OH excluding ortho intramolecular Hbond substituents is 1. The Morgan fingerprint density at radius 2 is 1.90 bits per heavy atom. The molecule has 2 saturated heterocycles. The summed E-state index contributed by atoms with van der Waals surface area (Å²) in [5, 5.41) is 17.0. The van der Waals surface area contributed by atoms with Gasteiger partial charge in [-0.1, -0.05) is 12.1 Å². The molecule has 0 aliphatic carbocycles. The van der Waals surface area contributed by atoms with Crippen molar-refractivity contribution in [3.8, 4) is 5.75 Å². The summed E-state index contributed by atoms with van der Waals surface area (Å²) in [4.78, 5) is 32.4. The average Bonchev–Trinajstić information content (AvgIpc) is 3.24. The van der Waals surface area contributed by atoms with Gasteiger partial charge in [-0.15, -0.1) is 11.3 Å². The number of benzene rings is 1. The highest BCUT2D eigenvalue weighted by molar-refractivity contribution is 7.13. The monoisotopic (exact) mass is 428 g/mol. The van der Waals surface area contributed by atoms with E-state index in [2.05, 4.69) is 15.6 Å². The largest absolute Gasteiger partial charge is 0.506 e. The number of piperidine rings is 2. The summed E-state index contributed by atoms with van der Waals surface area (Å²) in [6.45, 7) is 3.24. The zero-order chi connectivity index (χ0) is 20.9. The molecule has 0 spiro atoms. The number of anilines is 1. The van der Waals surface area contributed by atoms with Gasteiger partial charge in [0.1, 0.15) is 10.6 Å². The molecule has 0 radical (unpaired) electrons. The van der Waals surface area contributed by atoms with Crippen molar-refractivity contribution in [1.82, 2.24) is 15.2 Å². The van der Waals surface area contributed by atoms with Crippen molar-refractivity contribution in [3.05, 3.63) is 40.3 Å². The summed E-state index contributed by atoms with van der Waals surface area (Å²) < 4.78 is 0. The molecule has 0 saturated carbocycles. The first-order valence-electron chi connectivity index (χ1n) is 10.6. The number of carbonyl (C=O) groups is 2. The van der Waals surface area contributed by atoms with E-state index in [4.69, 9.17) is 0 Å². The van der Waals surface area contributed by atoms with Crippen molar-refractivity contribution in [2.24, 2.45) is 11.8 Å². The summed E-state index contributed by atoms with van der Waals surface area (Å²) in [7, 11) is 0. The normalized spacial score (nSPS) is 18.3. The molecule has 30 heavy (non-hydrogen) atoms. The lowest BCUT2D eigenvalue weighted by Gasteiger charge is -2.31. The number of likely N-dealkylation sites (tertiary alicyclic amines) is 1. The van der Waals surface area contributed by atoms with Crippen LogP contribution in [0.1, 0.15) is 40.4 Å². The van der Waals surface area contributed by atoms with Crippen LogP contribution in [0.4, 0.5) is 5.69 Å². The van der Waals surface area contributed by atoms with Gasteiger partial charge in [-0.3, -0.25) is 9.59 Å². The van der Waals surface area contributed by atoms with Gasteiger partial charge in [0.25, 0.3) is 5.91 Å². The molecule has 2 aliphatic heterocycles. The number of thiazole rings is 1. The number of hydrogen-bond acceptors (Lipinski definition) is 6. The first-order valence-corrected chi connectivity index (χ1v) is 11.5. The number of rotatable bonds is 5. The number of aromatic nitrogens is 1. The molecule has 4 rings (SSSR count). The Balaban J connectivity index is 1.28. The van der Waals surface area contributed by atoms with Crippen LogP contribution in [0.3, 0.4) is 0 Å². The van der Waals surface area contributed by atoms with E-state index < -0.39 is 0 Å². The molecule has 8 heteroatoms. The van der Waals surface area contributed by atoms with Crippen LogP contribution in [0.25, 0.3) is 0 Å². The van der Waals surface area contributed by atoms with Crippen LogP contribution >= 0.6 is 11.3 Å². The third-order valence-electron chi connectivity index (χ3n) is 6.00. The van der Waals surface area contributed by atoms with Crippen LogP contribution in [0, 0.1) is 11.8 Å². The quantitative estimate of drug-likeness (QED) is 0.637. The molecule has 2 aromatic rings. The molecular weight excluding hydrogens is 400 g/mol. The van der Waals surface area contributed by atoms with Crippen molar-refractivity contribution in [2.75, 3.05) is 31.5 Å². The van der Waals surface area contributed by atoms with Crippen molar-refractivity contribution in [2.45, 2.75) is 32.1 Å². The molecule has 1 aromatic heterocycles. The van der Waals surface area contributed by atoms with Crippen molar-refractivity contribution < 1.29 is 14.7 Å². The summed E-state index contributed by atoms with van der Waals surface area (Å²) >= 11 is 1.51. The van der Waals surface area contributed by atoms with E-state index in [1.165, 1.54) is 24.2 Å². The van der Waals surface area contributed by atoms with Gasteiger partial charge in [0.05, 0.1) is 16.9 Å². The number of para-hydroxylation sites is 2. The molecule has 2 aliphatic rings. The minimum Gasteiger partial charge on any atom is -0.506 e. The molecule has 0 atom stereocenters. The number of amides is 2. The lowest BCUT2D eigenvalue weighted by molar-refractivity contribution is -0.121. The predicted molar refractivity (Wildman–Crippen MR) is 117 cm³/mol. The predicted octanol–water partition coefficient (Wildman–Crippen LogP) is 2.88. The first kappa shape index (κ1) is 20.8. The summed E-state index contributed by atoms with van der Waals surface area (Å²) in [6.07, 6.45) is 6.23. The molecule has 1 aromatic carbocycles. The van der Waals surface area contributed by atoms with E-state index >= 15 is 0 Å². The third-order valence-corrected chi connectivity index (χ3v) is 7.01. The zero-order valence-electron chi connectivity index (χ0n) is 17.0. The average molecular weight is 429 g/mol. The van der Waals surface area contributed by atoms with Gasteiger partial charge < -0.3 is 20.6 Å². The second-order valence-corrected chi connectivity index (χ2v) is 9.20. The standard InChI is InChI=1S/C22H28N4O3S/c27-18-4-2-1-3-17(18)25-21(28)16-7-11-26(12-8-16)22(29)19-14-24-20(30-19)13-15-5-9-23-10-6-15/h1-4,14-16,23,27H,5-13H2,(H,25,28). The van der Waals surface area contributed by atoms with E-state index in [1.807, 2.05) is 4.90 Å². The number of carbonyl (C=O) groups excluding carboxylic acids is 2. The van der Waals surface area contributed by atoms with Crippen LogP contribution in [0.5, 0.6) is 5.75 Å². The molecule has 2 amide bonds. The lowest BCUT2D eigenvalue weighted by Crippen LogP contribution is -2.41. The van der Waals surface area contributed by atoms with E-state index in [0.29, 0.717) is 42.4 Å². The molecular formula is C22H28N4O3S. The fourth-order valence-electron chi connectivity index (χ4n) is 4.15. The van der Waals surface area contributed by atoms with E-state index in [0.717, 1.165) is 24.5 Å². The maximum atomic E-state index is 12.9. The summed E-state index contributed by atoms with van der Waals surface area (Å²) in [5.41, 5.74) is 0.423. The van der Waals surface area contributed by atoms with Crippen molar-refractivity contribution in [3.63, 3.8) is 0 Å². The molecule has 3 N–H and O–H groups in total. The number of nitrogens with zero attached hydrogens (tertiary/aromatic N) is 2. The highest BCUT2D eigenvalue weighted by Gasteiger charge is 2.29. The van der Waals surface area contributed by atoms with Gasteiger partial charge in [-0.05, 0) is 56.8 Å². The Morgan fingerprint density at radius 3 is 2.63 bits per heavy atom. The van der Waals surface area contributed by atoms with Gasteiger partial charge in [0.2, 0.25) is 5.91 Å². The third kappa shape index (κ3) is 4.99. The summed E-state index contributed by atoms with van der Waals surface area (Å²) in [5.74, 6) is 0.461. The van der Waals surface area contributed by atoms with Gasteiger partial charge in [-0.2, -0.15) is 0 Å². The molecule has 2 fully saturated rings. The van der Waals surface area contributed by atoms with E-state index in [9.17, 15) is 14.7 Å². The SMILES string of the molecule is O=C(Nc1ccccc1O)C1CCN(C(=O)c2cnc(CC3CCNCC3)s2)CC1. The smallest absolute Gasteiger partial charge is 0.265 e. The summed E-state index contributed by atoms with van der Waals surface area (Å²) in [6, 6.07) is 6.71. The number of hydrogen-bond donors (Lipinski definition) is 3. The van der Waals surface area contributed by atoms with E-state index in [1.54, 1.807) is 30.5 Å². The van der Waals surface area contributed by atoms with Gasteiger partial charge in [0.15, 0.2) is 0 Å². The van der Waals surface area contributed by atoms with Gasteiger partial charge >= 0.3 is 0 Å². The maximum Gasteiger partial charge on any atom is 0.265 e.